The Morgan fingerprint density at radius 2 is 2.00 bits per heavy atom. The minimum atomic E-state index is -0.915. The second-order valence-corrected chi connectivity index (χ2v) is 7.55. The number of likely N-dealkylation sites (N-methyl/N-ethyl adjacent to an activating group) is 1. The molecule has 0 aliphatic rings. The zero-order valence-electron chi connectivity index (χ0n) is 12.5. The highest BCUT2D eigenvalue weighted by atomic mass is 79.9. The number of carbonyl (C=O) groups is 2. The normalized spacial score (nSPS) is 11.1. The summed E-state index contributed by atoms with van der Waals surface area (Å²) in [5.41, 5.74) is 0. The maximum Gasteiger partial charge on any atom is 0.317 e. The Bertz CT molecular complexity index is 490. The lowest BCUT2D eigenvalue weighted by molar-refractivity contribution is -0.140. The van der Waals surface area contributed by atoms with E-state index in [2.05, 4.69) is 15.9 Å². The van der Waals surface area contributed by atoms with Gasteiger partial charge in [0.05, 0.1) is 23.4 Å². The molecule has 0 bridgehead atoms. The monoisotopic (exact) mass is 376 g/mol. The van der Waals surface area contributed by atoms with Crippen molar-refractivity contribution < 1.29 is 14.7 Å². The van der Waals surface area contributed by atoms with Crippen LogP contribution in [-0.4, -0.2) is 52.5 Å². The summed E-state index contributed by atoms with van der Waals surface area (Å²) in [5.74, 6) is -0.960. The topological polar surface area (TPSA) is 60.9 Å². The van der Waals surface area contributed by atoms with Crippen LogP contribution in [0.2, 0.25) is 0 Å². The fourth-order valence-electron chi connectivity index (χ4n) is 1.87. The Kier molecular flexibility index (Phi) is 7.34. The summed E-state index contributed by atoms with van der Waals surface area (Å²) in [4.78, 5) is 27.7. The van der Waals surface area contributed by atoms with Crippen LogP contribution in [0.3, 0.4) is 0 Å². The quantitative estimate of drug-likeness (QED) is 0.757. The Balaban J connectivity index is 2.66. The smallest absolute Gasteiger partial charge is 0.317 e. The van der Waals surface area contributed by atoms with Gasteiger partial charge in [0.25, 0.3) is 0 Å². The summed E-state index contributed by atoms with van der Waals surface area (Å²) in [7, 11) is 0. The van der Waals surface area contributed by atoms with Gasteiger partial charge < -0.3 is 10.0 Å². The van der Waals surface area contributed by atoms with Crippen molar-refractivity contribution in [3.63, 3.8) is 0 Å². The van der Waals surface area contributed by atoms with E-state index in [0.29, 0.717) is 13.1 Å². The van der Waals surface area contributed by atoms with Crippen molar-refractivity contribution in [3.05, 3.63) is 20.8 Å². The van der Waals surface area contributed by atoms with Gasteiger partial charge in [0.2, 0.25) is 5.91 Å². The number of halogens is 1. The van der Waals surface area contributed by atoms with E-state index in [1.807, 2.05) is 32.9 Å². The van der Waals surface area contributed by atoms with Crippen LogP contribution >= 0.6 is 27.3 Å². The molecule has 0 aromatic carbocycles. The maximum atomic E-state index is 12.4. The van der Waals surface area contributed by atoms with Crippen LogP contribution in [-0.2, 0) is 16.1 Å². The fraction of sp³-hybridized carbons (Fsp3) is 0.571. The van der Waals surface area contributed by atoms with Gasteiger partial charge in [-0.2, -0.15) is 0 Å². The predicted octanol–water partition coefficient (Wildman–Crippen LogP) is 2.65. The number of thiophene rings is 1. The van der Waals surface area contributed by atoms with Gasteiger partial charge in [-0.1, -0.05) is 0 Å². The van der Waals surface area contributed by atoms with E-state index in [1.165, 1.54) is 0 Å². The van der Waals surface area contributed by atoms with E-state index in [-0.39, 0.29) is 25.0 Å². The Labute approximate surface area is 137 Å². The molecule has 0 unspecified atom stereocenters. The first kappa shape index (κ1) is 18.1. The van der Waals surface area contributed by atoms with Gasteiger partial charge in [-0.05, 0) is 48.8 Å². The number of hydrogen-bond acceptors (Lipinski definition) is 4. The number of aliphatic carboxylic acids is 1. The van der Waals surface area contributed by atoms with Gasteiger partial charge in [-0.25, -0.2) is 0 Å². The highest BCUT2D eigenvalue weighted by Crippen LogP contribution is 2.23. The fourth-order valence-corrected chi connectivity index (χ4v) is 3.37. The van der Waals surface area contributed by atoms with Crippen LogP contribution in [0.5, 0.6) is 0 Å². The Hall–Kier alpha value is -0.920. The minimum absolute atomic E-state index is 0.0136. The molecule has 0 radical (unpaired) electrons. The van der Waals surface area contributed by atoms with Crippen molar-refractivity contribution in [1.29, 1.82) is 0 Å². The molecule has 0 aliphatic heterocycles. The molecule has 0 atom stereocenters. The molecule has 0 saturated heterocycles. The standard InChI is InChI=1S/C14H21BrN2O3S/c1-4-16(7-11-5-6-12(15)21-11)13(18)8-17(10(2)3)9-14(19)20/h5-6,10H,4,7-9H2,1-3H3,(H,19,20). The maximum absolute atomic E-state index is 12.4. The van der Waals surface area contributed by atoms with Crippen LogP contribution in [0.4, 0.5) is 0 Å². The molecule has 5 nitrogen and oxygen atoms in total. The van der Waals surface area contributed by atoms with E-state index >= 15 is 0 Å². The van der Waals surface area contributed by atoms with Crippen molar-refractivity contribution in [2.75, 3.05) is 19.6 Å². The van der Waals surface area contributed by atoms with Crippen molar-refractivity contribution in [3.8, 4) is 0 Å². The predicted molar refractivity (Wildman–Crippen MR) is 87.5 cm³/mol. The summed E-state index contributed by atoms with van der Waals surface area (Å²) >= 11 is 5.01. The van der Waals surface area contributed by atoms with Gasteiger partial charge >= 0.3 is 5.97 Å². The van der Waals surface area contributed by atoms with Gasteiger partial charge in [0.15, 0.2) is 0 Å². The summed E-state index contributed by atoms with van der Waals surface area (Å²) < 4.78 is 1.04. The Morgan fingerprint density at radius 1 is 1.33 bits per heavy atom. The largest absolute Gasteiger partial charge is 0.480 e. The second kappa shape index (κ2) is 8.51. The molecular weight excluding hydrogens is 356 g/mol. The molecule has 1 amide bonds. The van der Waals surface area contributed by atoms with Crippen LogP contribution < -0.4 is 0 Å². The molecule has 21 heavy (non-hydrogen) atoms. The lowest BCUT2D eigenvalue weighted by Gasteiger charge is -2.27. The molecule has 0 saturated carbocycles. The summed E-state index contributed by atoms with van der Waals surface area (Å²) in [6, 6.07) is 3.96. The Morgan fingerprint density at radius 3 is 2.43 bits per heavy atom. The van der Waals surface area contributed by atoms with Gasteiger partial charge in [0.1, 0.15) is 0 Å². The lowest BCUT2D eigenvalue weighted by atomic mass is 10.3. The molecule has 1 N–H and O–H groups in total. The number of nitrogens with zero attached hydrogens (tertiary/aromatic N) is 2. The number of hydrogen-bond donors (Lipinski definition) is 1. The van der Waals surface area contributed by atoms with E-state index < -0.39 is 5.97 Å². The first-order valence-electron chi connectivity index (χ1n) is 6.81. The number of amides is 1. The summed E-state index contributed by atoms with van der Waals surface area (Å²) in [6.07, 6.45) is 0. The van der Waals surface area contributed by atoms with Gasteiger partial charge in [-0.15, -0.1) is 11.3 Å². The van der Waals surface area contributed by atoms with Crippen LogP contribution in [0.1, 0.15) is 25.6 Å². The van der Waals surface area contributed by atoms with E-state index in [4.69, 9.17) is 5.11 Å². The third kappa shape index (κ3) is 6.15. The van der Waals surface area contributed by atoms with Crippen molar-refractivity contribution >= 4 is 39.1 Å². The summed E-state index contributed by atoms with van der Waals surface area (Å²) in [5, 5.41) is 8.91. The third-order valence-corrected chi connectivity index (χ3v) is 4.73. The van der Waals surface area contributed by atoms with Gasteiger partial charge in [0, 0.05) is 17.5 Å². The molecule has 1 aromatic rings. The van der Waals surface area contributed by atoms with Crippen LogP contribution in [0.25, 0.3) is 0 Å². The molecule has 118 valence electrons. The molecule has 1 rings (SSSR count). The molecule has 1 heterocycles. The summed E-state index contributed by atoms with van der Waals surface area (Å²) in [6.45, 7) is 6.89. The van der Waals surface area contributed by atoms with Crippen molar-refractivity contribution in [2.24, 2.45) is 0 Å². The average molecular weight is 377 g/mol. The molecular formula is C14H21BrN2O3S. The first-order chi connectivity index (χ1) is 9.83. The minimum Gasteiger partial charge on any atom is -0.480 e. The first-order valence-corrected chi connectivity index (χ1v) is 8.42. The average Bonchev–Trinajstić information content (AvgIpc) is 2.79. The van der Waals surface area contributed by atoms with E-state index in [1.54, 1.807) is 21.1 Å². The molecule has 0 spiro atoms. The molecule has 0 fully saturated rings. The highest BCUT2D eigenvalue weighted by molar-refractivity contribution is 9.11. The van der Waals surface area contributed by atoms with E-state index in [9.17, 15) is 9.59 Å². The van der Waals surface area contributed by atoms with Crippen LogP contribution in [0.15, 0.2) is 15.9 Å². The zero-order chi connectivity index (χ0) is 16.0. The SMILES string of the molecule is CCN(Cc1ccc(Br)s1)C(=O)CN(CC(=O)O)C(C)C. The van der Waals surface area contributed by atoms with Gasteiger partial charge in [-0.3, -0.25) is 14.5 Å². The lowest BCUT2D eigenvalue weighted by Crippen LogP contribution is -2.44. The molecule has 7 heteroatoms. The van der Waals surface area contributed by atoms with Crippen LogP contribution in [0, 0.1) is 0 Å². The van der Waals surface area contributed by atoms with E-state index in [0.717, 1.165) is 8.66 Å². The number of rotatable bonds is 8. The number of carboxylic acid groups (broad SMARTS) is 1. The van der Waals surface area contributed by atoms with Crippen molar-refractivity contribution in [2.45, 2.75) is 33.4 Å². The third-order valence-electron chi connectivity index (χ3n) is 3.12. The molecule has 1 aromatic heterocycles. The number of carbonyl (C=O) groups excluding carboxylic acids is 1. The number of carboxylic acids is 1. The molecule has 0 aliphatic carbocycles. The second-order valence-electron chi connectivity index (χ2n) is 5.01. The zero-order valence-corrected chi connectivity index (χ0v) is 14.9. The van der Waals surface area contributed by atoms with Crippen molar-refractivity contribution in [1.82, 2.24) is 9.80 Å². The highest BCUT2D eigenvalue weighted by Gasteiger charge is 2.20.